The quantitative estimate of drug-likeness (QED) is 0.390. The fourth-order valence-electron chi connectivity index (χ4n) is 1.11. The molecule has 0 aromatic heterocycles. The first-order valence-electron chi connectivity index (χ1n) is 4.93. The van der Waals surface area contributed by atoms with Crippen LogP contribution in [0.2, 0.25) is 6.04 Å². The summed E-state index contributed by atoms with van der Waals surface area (Å²) < 4.78 is 0. The van der Waals surface area contributed by atoms with E-state index in [-0.39, 0.29) is 0 Å². The maximum absolute atomic E-state index is 3.21. The van der Waals surface area contributed by atoms with Crippen LogP contribution in [0.25, 0.3) is 0 Å². The van der Waals surface area contributed by atoms with E-state index in [9.17, 15) is 0 Å². The van der Waals surface area contributed by atoms with Crippen molar-refractivity contribution in [1.29, 1.82) is 0 Å². The maximum atomic E-state index is 3.21. The highest BCUT2D eigenvalue weighted by atomic mass is 28.1. The highest BCUT2D eigenvalue weighted by Gasteiger charge is 1.88. The van der Waals surface area contributed by atoms with Crippen LogP contribution in [0.1, 0.15) is 12.0 Å². The summed E-state index contributed by atoms with van der Waals surface area (Å²) in [6.07, 6.45) is 1.29. The number of benzene rings is 1. The molecule has 1 aromatic carbocycles. The van der Waals surface area contributed by atoms with E-state index in [1.165, 1.54) is 28.3 Å². The Morgan fingerprint density at radius 2 is 1.85 bits per heavy atom. The molecule has 0 unspecified atom stereocenters. The van der Waals surface area contributed by atoms with Crippen LogP contribution in [0, 0.1) is 0 Å². The first-order chi connectivity index (χ1) is 6.43. The number of rotatable bonds is 6. The first kappa shape index (κ1) is 10.4. The molecule has 0 heterocycles. The second-order valence-electron chi connectivity index (χ2n) is 3.12. The summed E-state index contributed by atoms with van der Waals surface area (Å²) in [7, 11) is 1.32. The number of nitrogens with one attached hydrogen (secondary N) is 2. The van der Waals surface area contributed by atoms with E-state index < -0.39 is 0 Å². The minimum absolute atomic E-state index is 0.905. The summed E-state index contributed by atoms with van der Waals surface area (Å²) in [5.41, 5.74) is 7.73. The fourth-order valence-corrected chi connectivity index (χ4v) is 1.47. The lowest BCUT2D eigenvalue weighted by molar-refractivity contribution is 0.528. The van der Waals surface area contributed by atoms with Gasteiger partial charge in [0.1, 0.15) is 0 Å². The Labute approximate surface area is 83.1 Å². The number of hydrazine groups is 1. The van der Waals surface area contributed by atoms with Gasteiger partial charge in [-0.2, -0.15) is 0 Å². The predicted molar refractivity (Wildman–Crippen MR) is 60.6 cm³/mol. The lowest BCUT2D eigenvalue weighted by Gasteiger charge is -2.05. The Kier molecular flexibility index (Phi) is 5.48. The molecule has 3 heteroatoms. The van der Waals surface area contributed by atoms with Crippen molar-refractivity contribution < 1.29 is 0 Å². The Morgan fingerprint density at radius 3 is 2.54 bits per heavy atom. The fraction of sp³-hybridized carbons (Fsp3) is 0.400. The molecule has 0 aliphatic heterocycles. The molecule has 0 fully saturated rings. The molecule has 0 bridgehead atoms. The molecule has 13 heavy (non-hydrogen) atoms. The van der Waals surface area contributed by atoms with Crippen LogP contribution in [-0.4, -0.2) is 16.8 Å². The second-order valence-corrected chi connectivity index (χ2v) is 4.12. The standard InChI is InChI=1S/C10H18N2Si/c13-8-4-7-11-12-9-10-5-2-1-3-6-10/h1-3,5-6,11-12H,4,7-9H2,13H3. The minimum atomic E-state index is 0.905. The Bertz CT molecular complexity index is 213. The van der Waals surface area contributed by atoms with Crippen molar-refractivity contribution in [2.45, 2.75) is 19.0 Å². The van der Waals surface area contributed by atoms with Crippen molar-refractivity contribution in [2.75, 3.05) is 6.54 Å². The normalized spacial score (nSPS) is 10.5. The molecule has 0 spiro atoms. The van der Waals surface area contributed by atoms with Gasteiger partial charge in [-0.05, 0) is 12.0 Å². The van der Waals surface area contributed by atoms with Crippen molar-refractivity contribution in [1.82, 2.24) is 10.9 Å². The van der Waals surface area contributed by atoms with Crippen LogP contribution in [0.4, 0.5) is 0 Å². The van der Waals surface area contributed by atoms with Crippen LogP contribution in [0.5, 0.6) is 0 Å². The second kappa shape index (κ2) is 6.83. The average molecular weight is 194 g/mol. The van der Waals surface area contributed by atoms with Gasteiger partial charge in [0.05, 0.1) is 0 Å². The van der Waals surface area contributed by atoms with Crippen LogP contribution < -0.4 is 10.9 Å². The molecule has 2 nitrogen and oxygen atoms in total. The zero-order valence-electron chi connectivity index (χ0n) is 8.22. The molecule has 0 radical (unpaired) electrons. The average Bonchev–Trinajstić information content (AvgIpc) is 2.19. The van der Waals surface area contributed by atoms with Gasteiger partial charge in [0.25, 0.3) is 0 Å². The van der Waals surface area contributed by atoms with E-state index in [4.69, 9.17) is 0 Å². The van der Waals surface area contributed by atoms with E-state index in [1.54, 1.807) is 0 Å². The van der Waals surface area contributed by atoms with Gasteiger partial charge in [-0.1, -0.05) is 36.4 Å². The van der Waals surface area contributed by atoms with E-state index in [1.807, 2.05) is 6.07 Å². The first-order valence-corrected chi connectivity index (χ1v) is 6.34. The number of hydrogen-bond acceptors (Lipinski definition) is 2. The van der Waals surface area contributed by atoms with Crippen molar-refractivity contribution >= 4 is 10.2 Å². The highest BCUT2D eigenvalue weighted by Crippen LogP contribution is 1.95. The van der Waals surface area contributed by atoms with Crippen LogP contribution >= 0.6 is 0 Å². The molecular formula is C10H18N2Si. The summed E-state index contributed by atoms with van der Waals surface area (Å²) in [5.74, 6) is 0. The molecule has 0 atom stereocenters. The molecule has 0 aliphatic carbocycles. The molecule has 0 saturated heterocycles. The molecule has 1 rings (SSSR count). The van der Waals surface area contributed by atoms with Gasteiger partial charge in [0.15, 0.2) is 0 Å². The summed E-state index contributed by atoms with van der Waals surface area (Å²) in [5, 5.41) is 0. The van der Waals surface area contributed by atoms with Gasteiger partial charge in [-0.3, -0.25) is 10.9 Å². The molecule has 1 aromatic rings. The Morgan fingerprint density at radius 1 is 1.08 bits per heavy atom. The third kappa shape index (κ3) is 4.82. The van der Waals surface area contributed by atoms with Gasteiger partial charge < -0.3 is 0 Å². The summed E-state index contributed by atoms with van der Waals surface area (Å²) >= 11 is 0. The number of hydrogen-bond donors (Lipinski definition) is 2. The highest BCUT2D eigenvalue weighted by molar-refractivity contribution is 6.08. The van der Waals surface area contributed by atoms with E-state index in [2.05, 4.69) is 35.1 Å². The van der Waals surface area contributed by atoms with E-state index in [0.717, 1.165) is 13.1 Å². The summed E-state index contributed by atoms with van der Waals surface area (Å²) in [4.78, 5) is 0. The SMILES string of the molecule is [SiH3]CCCNNCc1ccccc1. The molecule has 0 amide bonds. The third-order valence-corrected chi connectivity index (χ3v) is 2.62. The lowest BCUT2D eigenvalue weighted by Crippen LogP contribution is -2.31. The van der Waals surface area contributed by atoms with E-state index >= 15 is 0 Å². The van der Waals surface area contributed by atoms with Gasteiger partial charge in [-0.15, -0.1) is 0 Å². The van der Waals surface area contributed by atoms with Crippen molar-refractivity contribution in [3.8, 4) is 0 Å². The maximum Gasteiger partial charge on any atom is 0.0351 e. The molecule has 72 valence electrons. The minimum Gasteiger partial charge on any atom is -0.258 e. The van der Waals surface area contributed by atoms with E-state index in [0.29, 0.717) is 0 Å². The van der Waals surface area contributed by atoms with Crippen LogP contribution in [-0.2, 0) is 6.54 Å². The zero-order chi connectivity index (χ0) is 9.36. The van der Waals surface area contributed by atoms with Crippen molar-refractivity contribution in [3.05, 3.63) is 35.9 Å². The Balaban J connectivity index is 2.07. The van der Waals surface area contributed by atoms with Gasteiger partial charge in [-0.25, -0.2) is 0 Å². The predicted octanol–water partition coefficient (Wildman–Crippen LogP) is 0.455. The smallest absolute Gasteiger partial charge is 0.0351 e. The van der Waals surface area contributed by atoms with Gasteiger partial charge in [0.2, 0.25) is 0 Å². The van der Waals surface area contributed by atoms with Gasteiger partial charge in [0, 0.05) is 23.3 Å². The topological polar surface area (TPSA) is 24.1 Å². The third-order valence-electron chi connectivity index (χ3n) is 1.92. The largest absolute Gasteiger partial charge is 0.258 e. The van der Waals surface area contributed by atoms with Crippen molar-refractivity contribution in [3.63, 3.8) is 0 Å². The zero-order valence-corrected chi connectivity index (χ0v) is 10.2. The lowest BCUT2D eigenvalue weighted by atomic mass is 10.2. The van der Waals surface area contributed by atoms with Gasteiger partial charge >= 0.3 is 0 Å². The molecule has 0 aliphatic rings. The Hall–Kier alpha value is -0.643. The van der Waals surface area contributed by atoms with Crippen molar-refractivity contribution in [2.24, 2.45) is 0 Å². The van der Waals surface area contributed by atoms with Crippen LogP contribution in [0.15, 0.2) is 30.3 Å². The molecule has 2 N–H and O–H groups in total. The van der Waals surface area contributed by atoms with Crippen LogP contribution in [0.3, 0.4) is 0 Å². The summed E-state index contributed by atoms with van der Waals surface area (Å²) in [6, 6.07) is 11.8. The monoisotopic (exact) mass is 194 g/mol. The molecular weight excluding hydrogens is 176 g/mol. The molecule has 0 saturated carbocycles. The summed E-state index contributed by atoms with van der Waals surface area (Å²) in [6.45, 7) is 1.98.